The van der Waals surface area contributed by atoms with Crippen LogP contribution in [0.15, 0.2) is 66.9 Å². The molecule has 5 heteroatoms. The van der Waals surface area contributed by atoms with Crippen molar-refractivity contribution in [2.75, 3.05) is 10.6 Å². The summed E-state index contributed by atoms with van der Waals surface area (Å²) < 4.78 is 5.82. The van der Waals surface area contributed by atoms with E-state index >= 15 is 0 Å². The fourth-order valence-corrected chi connectivity index (χ4v) is 2.70. The summed E-state index contributed by atoms with van der Waals surface area (Å²) in [5, 5.41) is 6.13. The SMILES string of the molecule is Cc1ccc(CC(=O)Nc2ccc(Nc3ccccc3OC(C)C)cn2)cc1. The molecule has 1 aromatic heterocycles. The van der Waals surface area contributed by atoms with Crippen molar-refractivity contribution in [1.82, 2.24) is 4.98 Å². The third-order valence-electron chi connectivity index (χ3n) is 4.04. The fraction of sp³-hybridized carbons (Fsp3) is 0.217. The Hall–Kier alpha value is -3.34. The van der Waals surface area contributed by atoms with Gasteiger partial charge in [0.1, 0.15) is 11.6 Å². The summed E-state index contributed by atoms with van der Waals surface area (Å²) in [4.78, 5) is 16.5. The Morgan fingerprint density at radius 2 is 1.79 bits per heavy atom. The number of benzene rings is 2. The number of nitrogens with one attached hydrogen (secondary N) is 2. The van der Waals surface area contributed by atoms with Crippen molar-refractivity contribution in [2.45, 2.75) is 33.3 Å². The standard InChI is InChI=1S/C23H25N3O2/c1-16(2)28-21-7-5-4-6-20(21)25-19-12-13-22(24-15-19)26-23(27)14-18-10-8-17(3)9-11-18/h4-13,15-16,25H,14H2,1-3H3,(H,24,26,27). The number of rotatable bonds is 7. The normalized spacial score (nSPS) is 10.6. The number of carbonyl (C=O) groups is 1. The van der Waals surface area contributed by atoms with Gasteiger partial charge < -0.3 is 15.4 Å². The van der Waals surface area contributed by atoms with Crippen LogP contribution in [0.3, 0.4) is 0 Å². The summed E-state index contributed by atoms with van der Waals surface area (Å²) in [6.07, 6.45) is 2.10. The van der Waals surface area contributed by atoms with Crippen LogP contribution in [0.2, 0.25) is 0 Å². The minimum absolute atomic E-state index is 0.0900. The molecule has 28 heavy (non-hydrogen) atoms. The number of aromatic nitrogens is 1. The van der Waals surface area contributed by atoms with E-state index in [1.54, 1.807) is 12.3 Å². The van der Waals surface area contributed by atoms with Crippen molar-refractivity contribution in [1.29, 1.82) is 0 Å². The number of hydrogen-bond donors (Lipinski definition) is 2. The molecule has 1 amide bonds. The summed E-state index contributed by atoms with van der Waals surface area (Å²) in [6.45, 7) is 6.01. The Bertz CT molecular complexity index is 919. The van der Waals surface area contributed by atoms with Gasteiger partial charge in [0.25, 0.3) is 0 Å². The summed E-state index contributed by atoms with van der Waals surface area (Å²) in [7, 11) is 0. The Morgan fingerprint density at radius 1 is 1.04 bits per heavy atom. The first-order valence-corrected chi connectivity index (χ1v) is 9.34. The monoisotopic (exact) mass is 375 g/mol. The highest BCUT2D eigenvalue weighted by Gasteiger charge is 2.07. The maximum absolute atomic E-state index is 12.2. The van der Waals surface area contributed by atoms with E-state index in [2.05, 4.69) is 15.6 Å². The van der Waals surface area contributed by atoms with E-state index < -0.39 is 0 Å². The molecule has 3 aromatic rings. The number of pyridine rings is 1. The minimum Gasteiger partial charge on any atom is -0.489 e. The van der Waals surface area contributed by atoms with Gasteiger partial charge in [-0.1, -0.05) is 42.0 Å². The number of nitrogens with zero attached hydrogens (tertiary/aromatic N) is 1. The van der Waals surface area contributed by atoms with Crippen LogP contribution in [0.4, 0.5) is 17.2 Å². The Balaban J connectivity index is 1.61. The van der Waals surface area contributed by atoms with E-state index in [4.69, 9.17) is 4.74 Å². The number of aryl methyl sites for hydroxylation is 1. The number of amides is 1. The van der Waals surface area contributed by atoms with Gasteiger partial charge in [-0.2, -0.15) is 0 Å². The van der Waals surface area contributed by atoms with Gasteiger partial charge in [0.15, 0.2) is 0 Å². The van der Waals surface area contributed by atoms with Crippen LogP contribution in [0.25, 0.3) is 0 Å². The quantitative estimate of drug-likeness (QED) is 0.603. The van der Waals surface area contributed by atoms with Crippen LogP contribution < -0.4 is 15.4 Å². The van der Waals surface area contributed by atoms with Gasteiger partial charge in [-0.3, -0.25) is 4.79 Å². The van der Waals surface area contributed by atoms with E-state index in [-0.39, 0.29) is 12.0 Å². The summed E-state index contributed by atoms with van der Waals surface area (Å²) in [5.74, 6) is 1.22. The highest BCUT2D eigenvalue weighted by molar-refractivity contribution is 5.91. The molecule has 0 atom stereocenters. The average Bonchev–Trinajstić information content (AvgIpc) is 2.66. The molecular formula is C23H25N3O2. The first kappa shape index (κ1) is 19.4. The maximum Gasteiger partial charge on any atom is 0.229 e. The van der Waals surface area contributed by atoms with Crippen molar-refractivity contribution >= 4 is 23.1 Å². The third kappa shape index (κ3) is 5.58. The molecule has 3 rings (SSSR count). The van der Waals surface area contributed by atoms with Crippen LogP contribution in [0, 0.1) is 6.92 Å². The fourth-order valence-electron chi connectivity index (χ4n) is 2.70. The predicted octanol–water partition coefficient (Wildman–Crippen LogP) is 5.10. The molecule has 0 aliphatic rings. The molecule has 0 aliphatic heterocycles. The Labute approximate surface area is 165 Å². The lowest BCUT2D eigenvalue weighted by molar-refractivity contribution is -0.115. The molecule has 0 spiro atoms. The third-order valence-corrected chi connectivity index (χ3v) is 4.04. The smallest absolute Gasteiger partial charge is 0.229 e. The van der Waals surface area contributed by atoms with Crippen LogP contribution >= 0.6 is 0 Å². The van der Waals surface area contributed by atoms with Crippen molar-refractivity contribution in [3.63, 3.8) is 0 Å². The van der Waals surface area contributed by atoms with E-state index in [0.29, 0.717) is 12.2 Å². The van der Waals surface area contributed by atoms with Gasteiger partial charge in [0.2, 0.25) is 5.91 Å². The molecule has 0 saturated carbocycles. The van der Waals surface area contributed by atoms with Crippen molar-refractivity contribution in [3.8, 4) is 5.75 Å². The van der Waals surface area contributed by atoms with Crippen molar-refractivity contribution < 1.29 is 9.53 Å². The highest BCUT2D eigenvalue weighted by atomic mass is 16.5. The summed E-state index contributed by atoms with van der Waals surface area (Å²) >= 11 is 0. The molecule has 0 aliphatic carbocycles. The van der Waals surface area contributed by atoms with Gasteiger partial charge in [-0.25, -0.2) is 4.98 Å². The topological polar surface area (TPSA) is 63.2 Å². The molecule has 0 radical (unpaired) electrons. The second-order valence-electron chi connectivity index (χ2n) is 6.93. The number of ether oxygens (including phenoxy) is 1. The Morgan fingerprint density at radius 3 is 2.46 bits per heavy atom. The molecule has 1 heterocycles. The zero-order chi connectivity index (χ0) is 19.9. The number of anilines is 3. The molecule has 0 bridgehead atoms. The minimum atomic E-state index is -0.0901. The van der Waals surface area contributed by atoms with Gasteiger partial charge in [0.05, 0.1) is 30.1 Å². The summed E-state index contributed by atoms with van der Waals surface area (Å²) in [6, 6.07) is 19.4. The van der Waals surface area contributed by atoms with E-state index in [1.807, 2.05) is 75.4 Å². The van der Waals surface area contributed by atoms with E-state index in [0.717, 1.165) is 22.7 Å². The van der Waals surface area contributed by atoms with Crippen LogP contribution in [-0.2, 0) is 11.2 Å². The molecule has 2 aromatic carbocycles. The largest absolute Gasteiger partial charge is 0.489 e. The lowest BCUT2D eigenvalue weighted by Gasteiger charge is -2.15. The Kier molecular flexibility index (Phi) is 6.27. The van der Waals surface area contributed by atoms with Gasteiger partial charge in [-0.15, -0.1) is 0 Å². The maximum atomic E-state index is 12.2. The molecule has 0 unspecified atom stereocenters. The second kappa shape index (κ2) is 9.04. The van der Waals surface area contributed by atoms with Crippen molar-refractivity contribution in [3.05, 3.63) is 78.0 Å². The van der Waals surface area contributed by atoms with Gasteiger partial charge in [0, 0.05) is 0 Å². The molecule has 0 fully saturated rings. The first-order chi connectivity index (χ1) is 13.5. The number of para-hydroxylation sites is 2. The average molecular weight is 375 g/mol. The number of carbonyl (C=O) groups excluding carboxylic acids is 1. The zero-order valence-electron chi connectivity index (χ0n) is 16.4. The van der Waals surface area contributed by atoms with Gasteiger partial charge >= 0.3 is 0 Å². The van der Waals surface area contributed by atoms with E-state index in [1.165, 1.54) is 5.56 Å². The lowest BCUT2D eigenvalue weighted by Crippen LogP contribution is -2.15. The van der Waals surface area contributed by atoms with Gasteiger partial charge in [-0.05, 0) is 50.6 Å². The second-order valence-corrected chi connectivity index (χ2v) is 6.93. The molecular weight excluding hydrogens is 350 g/mol. The molecule has 2 N–H and O–H groups in total. The predicted molar refractivity (Wildman–Crippen MR) is 113 cm³/mol. The lowest BCUT2D eigenvalue weighted by atomic mass is 10.1. The zero-order valence-corrected chi connectivity index (χ0v) is 16.4. The van der Waals surface area contributed by atoms with Crippen LogP contribution in [0.1, 0.15) is 25.0 Å². The molecule has 5 nitrogen and oxygen atoms in total. The highest BCUT2D eigenvalue weighted by Crippen LogP contribution is 2.28. The number of hydrogen-bond acceptors (Lipinski definition) is 4. The molecule has 0 saturated heterocycles. The molecule has 144 valence electrons. The van der Waals surface area contributed by atoms with Crippen molar-refractivity contribution in [2.24, 2.45) is 0 Å². The van der Waals surface area contributed by atoms with Crippen LogP contribution in [-0.4, -0.2) is 17.0 Å². The van der Waals surface area contributed by atoms with E-state index in [9.17, 15) is 4.79 Å². The first-order valence-electron chi connectivity index (χ1n) is 9.34. The van der Waals surface area contributed by atoms with Crippen LogP contribution in [0.5, 0.6) is 5.75 Å². The summed E-state index contributed by atoms with van der Waals surface area (Å²) in [5.41, 5.74) is 3.84.